The first-order chi connectivity index (χ1) is 12.0. The minimum Gasteiger partial charge on any atom is -0.494 e. The highest BCUT2D eigenvalue weighted by Gasteiger charge is 2.38. The van der Waals surface area contributed by atoms with Crippen molar-refractivity contribution in [2.24, 2.45) is 5.92 Å². The first kappa shape index (κ1) is 17.7. The Hall–Kier alpha value is -2.08. The topological polar surface area (TPSA) is 59.1 Å². The van der Waals surface area contributed by atoms with Gasteiger partial charge in [0.25, 0.3) is 0 Å². The second-order valence-corrected chi connectivity index (χ2v) is 6.83. The summed E-state index contributed by atoms with van der Waals surface area (Å²) in [5, 5.41) is 0. The molecule has 0 spiro atoms. The number of amides is 2. The van der Waals surface area contributed by atoms with Crippen LogP contribution in [0.5, 0.6) is 5.75 Å². The van der Waals surface area contributed by atoms with Crippen molar-refractivity contribution in [3.63, 3.8) is 0 Å². The van der Waals surface area contributed by atoms with Gasteiger partial charge in [-0.25, -0.2) is 0 Å². The van der Waals surface area contributed by atoms with Gasteiger partial charge in [-0.1, -0.05) is 0 Å². The zero-order valence-electron chi connectivity index (χ0n) is 15.1. The zero-order chi connectivity index (χ0) is 18.0. The average molecular weight is 346 g/mol. The summed E-state index contributed by atoms with van der Waals surface area (Å²) in [4.78, 5) is 28.8. The summed E-state index contributed by atoms with van der Waals surface area (Å²) in [5.74, 6) is 0.555. The highest BCUT2D eigenvalue weighted by molar-refractivity contribution is 6.00. The molecule has 6 nitrogen and oxygen atoms in total. The van der Waals surface area contributed by atoms with Crippen LogP contribution in [-0.2, 0) is 14.3 Å². The molecule has 0 aromatic heterocycles. The van der Waals surface area contributed by atoms with Crippen LogP contribution in [0.15, 0.2) is 24.3 Å². The number of hydrogen-bond donors (Lipinski definition) is 0. The third kappa shape index (κ3) is 3.95. The van der Waals surface area contributed by atoms with Crippen LogP contribution >= 0.6 is 0 Å². The van der Waals surface area contributed by atoms with Gasteiger partial charge in [-0.3, -0.25) is 9.59 Å². The lowest BCUT2D eigenvalue weighted by atomic mass is 10.1. The Morgan fingerprint density at radius 2 is 1.80 bits per heavy atom. The third-order valence-electron chi connectivity index (χ3n) is 4.66. The number of benzene rings is 1. The van der Waals surface area contributed by atoms with E-state index in [2.05, 4.69) is 0 Å². The summed E-state index contributed by atoms with van der Waals surface area (Å²) in [6.07, 6.45) is 0.339. The van der Waals surface area contributed by atoms with Crippen molar-refractivity contribution >= 4 is 17.5 Å². The molecule has 136 valence electrons. The smallest absolute Gasteiger partial charge is 0.228 e. The first-order valence-corrected chi connectivity index (χ1v) is 8.95. The van der Waals surface area contributed by atoms with Crippen molar-refractivity contribution < 1.29 is 19.1 Å². The molecular weight excluding hydrogens is 320 g/mol. The van der Waals surface area contributed by atoms with Crippen LogP contribution in [0.4, 0.5) is 5.69 Å². The van der Waals surface area contributed by atoms with Gasteiger partial charge in [-0.2, -0.15) is 0 Å². The fourth-order valence-electron chi connectivity index (χ4n) is 3.63. The van der Waals surface area contributed by atoms with E-state index in [1.165, 1.54) is 0 Å². The van der Waals surface area contributed by atoms with E-state index in [0.717, 1.165) is 11.4 Å². The Kier molecular flexibility index (Phi) is 5.27. The van der Waals surface area contributed by atoms with Crippen molar-refractivity contribution in [2.45, 2.75) is 39.4 Å². The van der Waals surface area contributed by atoms with E-state index in [9.17, 15) is 9.59 Å². The second kappa shape index (κ2) is 7.44. The monoisotopic (exact) mass is 346 g/mol. The predicted octanol–water partition coefficient (Wildman–Crippen LogP) is 2.07. The van der Waals surface area contributed by atoms with Gasteiger partial charge < -0.3 is 19.3 Å². The molecule has 2 amide bonds. The molecule has 2 saturated heterocycles. The molecule has 1 aromatic rings. The minimum absolute atomic E-state index is 0.00290. The second-order valence-electron chi connectivity index (χ2n) is 6.83. The van der Waals surface area contributed by atoms with Crippen LogP contribution in [0.1, 0.15) is 27.2 Å². The highest BCUT2D eigenvalue weighted by atomic mass is 16.5. The Labute approximate surface area is 148 Å². The fourth-order valence-corrected chi connectivity index (χ4v) is 3.63. The third-order valence-corrected chi connectivity index (χ3v) is 4.66. The summed E-state index contributed by atoms with van der Waals surface area (Å²) in [6.45, 7) is 8.11. The zero-order valence-corrected chi connectivity index (χ0v) is 15.1. The largest absolute Gasteiger partial charge is 0.494 e. The number of nitrogens with zero attached hydrogens (tertiary/aromatic N) is 2. The quantitative estimate of drug-likeness (QED) is 0.837. The van der Waals surface area contributed by atoms with E-state index in [4.69, 9.17) is 9.47 Å². The molecule has 0 bridgehead atoms. The van der Waals surface area contributed by atoms with Crippen LogP contribution < -0.4 is 9.64 Å². The van der Waals surface area contributed by atoms with Crippen molar-refractivity contribution in [3.8, 4) is 5.75 Å². The number of ether oxygens (including phenoxy) is 2. The number of carbonyl (C=O) groups excluding carboxylic acids is 2. The van der Waals surface area contributed by atoms with Gasteiger partial charge in [0.05, 0.1) is 24.7 Å². The summed E-state index contributed by atoms with van der Waals surface area (Å²) in [5.41, 5.74) is 0.812. The van der Waals surface area contributed by atoms with E-state index < -0.39 is 0 Å². The predicted molar refractivity (Wildman–Crippen MR) is 94.7 cm³/mol. The molecule has 0 N–H and O–H groups in total. The standard InChI is InChI=1S/C19H26N2O4/c1-4-24-17-7-5-16(6-8-17)21-12-15(9-18(21)22)19(23)20-10-13(2)25-14(3)11-20/h5-8,13-15H,4,9-12H2,1-3H3/t13-,14-,15-/m1/s1. The van der Waals surface area contributed by atoms with Crippen LogP contribution in [0, 0.1) is 5.92 Å². The number of carbonyl (C=O) groups is 2. The summed E-state index contributed by atoms with van der Waals surface area (Å²) < 4.78 is 11.1. The van der Waals surface area contributed by atoms with E-state index >= 15 is 0 Å². The Morgan fingerprint density at radius 3 is 2.40 bits per heavy atom. The van der Waals surface area contributed by atoms with Gasteiger partial charge in [0.2, 0.25) is 11.8 Å². The van der Waals surface area contributed by atoms with Crippen LogP contribution in [0.25, 0.3) is 0 Å². The maximum absolute atomic E-state index is 12.8. The molecule has 1 aromatic carbocycles. The maximum atomic E-state index is 12.8. The number of hydrogen-bond acceptors (Lipinski definition) is 4. The van der Waals surface area contributed by atoms with Crippen LogP contribution in [0.2, 0.25) is 0 Å². The lowest BCUT2D eigenvalue weighted by Gasteiger charge is -2.36. The van der Waals surface area contributed by atoms with Crippen molar-refractivity contribution in [1.82, 2.24) is 4.90 Å². The molecule has 2 aliphatic rings. The molecule has 6 heteroatoms. The van der Waals surface area contributed by atoms with Crippen molar-refractivity contribution in [3.05, 3.63) is 24.3 Å². The first-order valence-electron chi connectivity index (χ1n) is 8.95. The molecule has 0 radical (unpaired) electrons. The van der Waals surface area contributed by atoms with Gasteiger partial charge in [0, 0.05) is 31.7 Å². The normalized spacial score (nSPS) is 26.8. The molecule has 25 heavy (non-hydrogen) atoms. The number of morpholine rings is 1. The van der Waals surface area contributed by atoms with Crippen molar-refractivity contribution in [2.75, 3.05) is 31.1 Å². The van der Waals surface area contributed by atoms with E-state index in [0.29, 0.717) is 26.2 Å². The lowest BCUT2D eigenvalue weighted by Crippen LogP contribution is -2.50. The van der Waals surface area contributed by atoms with Gasteiger partial charge in [-0.15, -0.1) is 0 Å². The van der Waals surface area contributed by atoms with Gasteiger partial charge in [0.15, 0.2) is 0 Å². The van der Waals surface area contributed by atoms with Gasteiger partial charge in [0.1, 0.15) is 5.75 Å². The molecule has 2 aliphatic heterocycles. The maximum Gasteiger partial charge on any atom is 0.228 e. The summed E-state index contributed by atoms with van der Waals surface area (Å²) in [7, 11) is 0. The van der Waals surface area contributed by atoms with E-state index in [1.807, 2.05) is 49.9 Å². The molecule has 3 rings (SSSR count). The molecule has 2 heterocycles. The molecular formula is C19H26N2O4. The number of anilines is 1. The van der Waals surface area contributed by atoms with E-state index in [-0.39, 0.29) is 36.4 Å². The Balaban J connectivity index is 1.66. The lowest BCUT2D eigenvalue weighted by molar-refractivity contribution is -0.147. The molecule has 2 fully saturated rings. The van der Waals surface area contributed by atoms with Crippen LogP contribution in [-0.4, -0.2) is 55.2 Å². The Morgan fingerprint density at radius 1 is 1.16 bits per heavy atom. The number of rotatable bonds is 4. The van der Waals surface area contributed by atoms with E-state index in [1.54, 1.807) is 4.90 Å². The summed E-state index contributed by atoms with van der Waals surface area (Å²) >= 11 is 0. The van der Waals surface area contributed by atoms with Gasteiger partial charge >= 0.3 is 0 Å². The van der Waals surface area contributed by atoms with Gasteiger partial charge in [-0.05, 0) is 45.0 Å². The highest BCUT2D eigenvalue weighted by Crippen LogP contribution is 2.28. The SMILES string of the molecule is CCOc1ccc(N2C[C@H](C(=O)N3C[C@@H](C)O[C@H](C)C3)CC2=O)cc1. The van der Waals surface area contributed by atoms with Crippen LogP contribution in [0.3, 0.4) is 0 Å². The molecule has 0 unspecified atom stereocenters. The summed E-state index contributed by atoms with van der Waals surface area (Å²) in [6, 6.07) is 7.45. The molecule has 0 aliphatic carbocycles. The minimum atomic E-state index is -0.281. The average Bonchev–Trinajstić information content (AvgIpc) is 2.96. The molecule has 0 saturated carbocycles. The molecule has 3 atom stereocenters. The van der Waals surface area contributed by atoms with Crippen molar-refractivity contribution in [1.29, 1.82) is 0 Å². The Bertz CT molecular complexity index is 621. The fraction of sp³-hybridized carbons (Fsp3) is 0.579.